The molecule has 0 aliphatic carbocycles. The lowest BCUT2D eigenvalue weighted by Crippen LogP contribution is -2.51. The summed E-state index contributed by atoms with van der Waals surface area (Å²) in [6.07, 6.45) is 0. The highest BCUT2D eigenvalue weighted by Gasteiger charge is 2.40. The minimum Gasteiger partial charge on any atom is -0.480 e. The van der Waals surface area contributed by atoms with Crippen LogP contribution < -0.4 is 5.32 Å². The number of hydrogen-bond donors (Lipinski definition) is 2. The second-order valence-corrected chi connectivity index (χ2v) is 4.89. The first kappa shape index (κ1) is 12.3. The molecule has 6 heteroatoms. The van der Waals surface area contributed by atoms with Gasteiger partial charge in [0, 0.05) is 5.75 Å². The second-order valence-electron chi connectivity index (χ2n) is 3.54. The van der Waals surface area contributed by atoms with E-state index in [0.717, 1.165) is 0 Å². The van der Waals surface area contributed by atoms with E-state index in [1.54, 1.807) is 14.0 Å². The van der Waals surface area contributed by atoms with Crippen molar-refractivity contribution in [3.05, 3.63) is 0 Å². The van der Waals surface area contributed by atoms with Gasteiger partial charge in [-0.15, -0.1) is 11.8 Å². The molecule has 1 fully saturated rings. The molecule has 1 aliphatic rings. The molecule has 0 spiro atoms. The molecule has 0 aromatic heterocycles. The van der Waals surface area contributed by atoms with Crippen molar-refractivity contribution in [2.24, 2.45) is 0 Å². The third kappa shape index (κ3) is 2.43. The van der Waals surface area contributed by atoms with Gasteiger partial charge < -0.3 is 15.3 Å². The lowest BCUT2D eigenvalue weighted by Gasteiger charge is -2.27. The van der Waals surface area contributed by atoms with Crippen molar-refractivity contribution in [1.82, 2.24) is 10.2 Å². The summed E-state index contributed by atoms with van der Waals surface area (Å²) in [5.74, 6) is -0.607. The Hall–Kier alpha value is -0.750. The first-order valence-electron chi connectivity index (χ1n) is 4.83. The number of nitrogens with one attached hydrogen (secondary N) is 1. The van der Waals surface area contributed by atoms with Gasteiger partial charge in [0.2, 0.25) is 5.91 Å². The summed E-state index contributed by atoms with van der Waals surface area (Å²) in [6, 6.07) is -1.03. The van der Waals surface area contributed by atoms with E-state index < -0.39 is 12.0 Å². The molecule has 15 heavy (non-hydrogen) atoms. The van der Waals surface area contributed by atoms with Gasteiger partial charge in [-0.2, -0.15) is 0 Å². The molecule has 1 aliphatic heterocycles. The van der Waals surface area contributed by atoms with Gasteiger partial charge in [-0.3, -0.25) is 4.79 Å². The summed E-state index contributed by atoms with van der Waals surface area (Å²) in [7, 11) is 1.69. The van der Waals surface area contributed by atoms with E-state index in [1.807, 2.05) is 6.92 Å². The molecule has 0 bridgehead atoms. The number of hydrogen-bond acceptors (Lipinski definition) is 4. The van der Waals surface area contributed by atoms with Crippen molar-refractivity contribution >= 4 is 23.6 Å². The standard InChI is InChI=1S/C9H16N2O3S/c1-5(10-3)8(12)11-6(2)15-4-7(11)9(13)14/h5-7,10H,4H2,1-3H3,(H,13,14). The summed E-state index contributed by atoms with van der Waals surface area (Å²) in [5.41, 5.74) is 0. The predicted octanol–water partition coefficient (Wildman–Crippen LogP) is -0.0311. The van der Waals surface area contributed by atoms with E-state index >= 15 is 0 Å². The Kier molecular flexibility index (Phi) is 3.98. The summed E-state index contributed by atoms with van der Waals surface area (Å²) in [6.45, 7) is 3.59. The maximum absolute atomic E-state index is 11.9. The number of carbonyl (C=O) groups is 2. The van der Waals surface area contributed by atoms with Gasteiger partial charge in [0.05, 0.1) is 11.4 Å². The van der Waals surface area contributed by atoms with Crippen LogP contribution in [0.5, 0.6) is 0 Å². The third-order valence-corrected chi connectivity index (χ3v) is 3.78. The molecule has 5 nitrogen and oxygen atoms in total. The maximum Gasteiger partial charge on any atom is 0.327 e. The van der Waals surface area contributed by atoms with Crippen LogP contribution in [-0.2, 0) is 9.59 Å². The zero-order chi connectivity index (χ0) is 11.6. The monoisotopic (exact) mass is 232 g/mol. The zero-order valence-electron chi connectivity index (χ0n) is 9.06. The lowest BCUT2D eigenvalue weighted by molar-refractivity contribution is -0.149. The molecular weight excluding hydrogens is 216 g/mol. The van der Waals surface area contributed by atoms with Crippen molar-refractivity contribution in [2.45, 2.75) is 31.3 Å². The summed E-state index contributed by atoms with van der Waals surface area (Å²) in [5, 5.41) is 11.7. The maximum atomic E-state index is 11.9. The van der Waals surface area contributed by atoms with Crippen LogP contribution >= 0.6 is 11.8 Å². The molecule has 3 unspecified atom stereocenters. The number of likely N-dealkylation sites (N-methyl/N-ethyl adjacent to an activating group) is 1. The highest BCUT2D eigenvalue weighted by molar-refractivity contribution is 8.00. The topological polar surface area (TPSA) is 69.6 Å². The largest absolute Gasteiger partial charge is 0.480 e. The molecule has 1 heterocycles. The second kappa shape index (κ2) is 4.85. The van der Waals surface area contributed by atoms with Crippen LogP contribution in [-0.4, -0.2) is 52.1 Å². The Morgan fingerprint density at radius 1 is 1.60 bits per heavy atom. The number of nitrogens with zero attached hydrogens (tertiary/aromatic N) is 1. The molecule has 86 valence electrons. The number of carboxylic acid groups (broad SMARTS) is 1. The first-order chi connectivity index (χ1) is 6.99. The molecular formula is C9H16N2O3S. The van der Waals surface area contributed by atoms with Crippen molar-refractivity contribution < 1.29 is 14.7 Å². The van der Waals surface area contributed by atoms with Gasteiger partial charge >= 0.3 is 5.97 Å². The van der Waals surface area contributed by atoms with Gasteiger partial charge in [0.1, 0.15) is 6.04 Å². The SMILES string of the molecule is CNC(C)C(=O)N1C(C)SCC1C(=O)O. The van der Waals surface area contributed by atoms with Crippen molar-refractivity contribution in [3.63, 3.8) is 0 Å². The molecule has 0 aromatic carbocycles. The molecule has 0 radical (unpaired) electrons. The average Bonchev–Trinajstić information content (AvgIpc) is 2.58. The van der Waals surface area contributed by atoms with E-state index in [0.29, 0.717) is 5.75 Å². The number of carbonyl (C=O) groups excluding carboxylic acids is 1. The molecule has 1 amide bonds. The normalized spacial score (nSPS) is 27.8. The Bertz CT molecular complexity index is 272. The molecule has 1 rings (SSSR count). The summed E-state index contributed by atoms with van der Waals surface area (Å²) >= 11 is 1.49. The fourth-order valence-corrected chi connectivity index (χ4v) is 2.69. The number of aliphatic carboxylic acids is 1. The molecule has 0 saturated carbocycles. The average molecular weight is 232 g/mol. The van der Waals surface area contributed by atoms with Crippen LogP contribution in [0.15, 0.2) is 0 Å². The zero-order valence-corrected chi connectivity index (χ0v) is 9.87. The molecule has 3 atom stereocenters. The highest BCUT2D eigenvalue weighted by Crippen LogP contribution is 2.29. The number of carboxylic acids is 1. The van der Waals surface area contributed by atoms with Crippen molar-refractivity contribution in [3.8, 4) is 0 Å². The minimum atomic E-state index is -0.927. The Morgan fingerprint density at radius 2 is 2.20 bits per heavy atom. The predicted molar refractivity (Wildman–Crippen MR) is 58.7 cm³/mol. The molecule has 1 saturated heterocycles. The Morgan fingerprint density at radius 3 is 2.67 bits per heavy atom. The van der Waals surface area contributed by atoms with Gasteiger partial charge in [0.25, 0.3) is 0 Å². The quantitative estimate of drug-likeness (QED) is 0.715. The third-order valence-electron chi connectivity index (χ3n) is 2.57. The van der Waals surface area contributed by atoms with Crippen LogP contribution in [0.3, 0.4) is 0 Å². The van der Waals surface area contributed by atoms with Crippen LogP contribution in [0.1, 0.15) is 13.8 Å². The van der Waals surface area contributed by atoms with Crippen molar-refractivity contribution in [2.75, 3.05) is 12.8 Å². The highest BCUT2D eigenvalue weighted by atomic mass is 32.2. The lowest BCUT2D eigenvalue weighted by atomic mass is 10.2. The fraction of sp³-hybridized carbons (Fsp3) is 0.778. The van der Waals surface area contributed by atoms with Crippen LogP contribution in [0.4, 0.5) is 0 Å². The van der Waals surface area contributed by atoms with Gasteiger partial charge in [-0.1, -0.05) is 0 Å². The van der Waals surface area contributed by atoms with E-state index in [4.69, 9.17) is 5.11 Å². The van der Waals surface area contributed by atoms with E-state index in [2.05, 4.69) is 5.32 Å². The van der Waals surface area contributed by atoms with Crippen LogP contribution in [0, 0.1) is 0 Å². The molecule has 2 N–H and O–H groups in total. The van der Waals surface area contributed by atoms with Crippen molar-refractivity contribution in [1.29, 1.82) is 0 Å². The Labute approximate surface area is 93.2 Å². The van der Waals surface area contributed by atoms with E-state index in [9.17, 15) is 9.59 Å². The van der Waals surface area contributed by atoms with Crippen LogP contribution in [0.25, 0.3) is 0 Å². The van der Waals surface area contributed by atoms with Gasteiger partial charge in [-0.25, -0.2) is 4.79 Å². The smallest absolute Gasteiger partial charge is 0.327 e. The van der Waals surface area contributed by atoms with E-state index in [-0.39, 0.29) is 17.3 Å². The Balaban J connectivity index is 2.80. The number of thioether (sulfide) groups is 1. The summed E-state index contributed by atoms with van der Waals surface area (Å²) in [4.78, 5) is 24.3. The number of amides is 1. The van der Waals surface area contributed by atoms with Gasteiger partial charge in [-0.05, 0) is 20.9 Å². The minimum absolute atomic E-state index is 0.0607. The molecule has 0 aromatic rings. The summed E-state index contributed by atoms with van der Waals surface area (Å²) < 4.78 is 0. The van der Waals surface area contributed by atoms with Crippen LogP contribution in [0.2, 0.25) is 0 Å². The first-order valence-corrected chi connectivity index (χ1v) is 5.87. The fourth-order valence-electron chi connectivity index (χ4n) is 1.51. The van der Waals surface area contributed by atoms with E-state index in [1.165, 1.54) is 16.7 Å². The number of rotatable bonds is 3. The van der Waals surface area contributed by atoms with Gasteiger partial charge in [0.15, 0.2) is 0 Å².